The average Bonchev–Trinajstić information content (AvgIpc) is 3.47. The number of nitrogens with one attached hydrogen (secondary N) is 1. The van der Waals surface area contributed by atoms with Crippen molar-refractivity contribution in [1.82, 2.24) is 9.38 Å². The first kappa shape index (κ1) is 17.2. The number of aromatic nitrogens is 2. The maximum Gasteiger partial charge on any atom is 0.276 e. The first-order valence-corrected chi connectivity index (χ1v) is 8.74. The summed E-state index contributed by atoms with van der Waals surface area (Å²) in [5.41, 5.74) is 1.75. The highest BCUT2D eigenvalue weighted by molar-refractivity contribution is 6.07. The molecule has 7 heteroatoms. The Morgan fingerprint density at radius 2 is 1.81 bits per heavy atom. The van der Waals surface area contributed by atoms with Crippen molar-refractivity contribution in [2.75, 3.05) is 26.6 Å². The predicted molar refractivity (Wildman–Crippen MR) is 101 cm³/mol. The number of hydrogen-bond donors (Lipinski definition) is 1. The molecule has 0 unspecified atom stereocenters. The van der Waals surface area contributed by atoms with Gasteiger partial charge in [-0.05, 0) is 25.0 Å². The van der Waals surface area contributed by atoms with Crippen molar-refractivity contribution >= 4 is 17.1 Å². The number of ether oxygens (including phenoxy) is 3. The second-order valence-electron chi connectivity index (χ2n) is 6.42. The first-order chi connectivity index (χ1) is 13.2. The zero-order chi connectivity index (χ0) is 19.0. The van der Waals surface area contributed by atoms with Crippen molar-refractivity contribution < 1.29 is 19.0 Å². The molecule has 1 saturated carbocycles. The minimum atomic E-state index is -0.278. The van der Waals surface area contributed by atoms with Gasteiger partial charge in [-0.15, -0.1) is 0 Å². The largest absolute Gasteiger partial charge is 0.493 e. The van der Waals surface area contributed by atoms with Crippen LogP contribution in [0.4, 0.5) is 5.69 Å². The van der Waals surface area contributed by atoms with Crippen LogP contribution in [0.5, 0.6) is 17.2 Å². The van der Waals surface area contributed by atoms with Gasteiger partial charge in [0, 0.05) is 29.9 Å². The highest BCUT2D eigenvalue weighted by atomic mass is 16.5. The van der Waals surface area contributed by atoms with Crippen LogP contribution in [0.2, 0.25) is 0 Å². The Bertz CT molecular complexity index is 983. The van der Waals surface area contributed by atoms with Crippen LogP contribution in [0.1, 0.15) is 35.1 Å². The van der Waals surface area contributed by atoms with Crippen molar-refractivity contribution in [3.63, 3.8) is 0 Å². The highest BCUT2D eigenvalue weighted by Gasteiger charge is 2.30. The molecular formula is C20H21N3O4. The summed E-state index contributed by atoms with van der Waals surface area (Å²) in [6.45, 7) is 0. The van der Waals surface area contributed by atoms with E-state index in [4.69, 9.17) is 14.2 Å². The van der Waals surface area contributed by atoms with Crippen LogP contribution < -0.4 is 19.5 Å². The topological polar surface area (TPSA) is 74.1 Å². The Labute approximate surface area is 156 Å². The van der Waals surface area contributed by atoms with Crippen LogP contribution in [-0.2, 0) is 0 Å². The lowest BCUT2D eigenvalue weighted by molar-refractivity contribution is 0.102. The number of imidazole rings is 1. The number of benzene rings is 1. The number of methoxy groups -OCH3 is 3. The van der Waals surface area contributed by atoms with Gasteiger partial charge in [-0.1, -0.05) is 6.07 Å². The Morgan fingerprint density at radius 1 is 1.11 bits per heavy atom. The molecule has 27 heavy (non-hydrogen) atoms. The molecule has 3 aromatic rings. The molecule has 4 rings (SSSR count). The van der Waals surface area contributed by atoms with E-state index in [-0.39, 0.29) is 5.91 Å². The quantitative estimate of drug-likeness (QED) is 0.722. The van der Waals surface area contributed by atoms with Gasteiger partial charge < -0.3 is 23.9 Å². The lowest BCUT2D eigenvalue weighted by Gasteiger charge is -2.14. The van der Waals surface area contributed by atoms with Gasteiger partial charge in [0.15, 0.2) is 17.2 Å². The molecule has 0 bridgehead atoms. The van der Waals surface area contributed by atoms with Gasteiger partial charge in [-0.3, -0.25) is 4.79 Å². The maximum atomic E-state index is 12.9. The number of pyridine rings is 1. The smallest absolute Gasteiger partial charge is 0.276 e. The molecule has 0 aliphatic heterocycles. The number of carbonyl (C=O) groups is 1. The lowest BCUT2D eigenvalue weighted by atomic mass is 10.2. The van der Waals surface area contributed by atoms with E-state index >= 15 is 0 Å². The molecule has 2 aromatic heterocycles. The summed E-state index contributed by atoms with van der Waals surface area (Å²) in [5, 5.41) is 2.89. The summed E-state index contributed by atoms with van der Waals surface area (Å²) in [4.78, 5) is 17.6. The number of amides is 1. The fraction of sp³-hybridized carbons (Fsp3) is 0.300. The molecule has 1 aliphatic rings. The number of hydrogen-bond acceptors (Lipinski definition) is 5. The van der Waals surface area contributed by atoms with Crippen LogP contribution in [0.3, 0.4) is 0 Å². The number of nitrogens with zero attached hydrogens (tertiary/aromatic N) is 2. The predicted octanol–water partition coefficient (Wildman–Crippen LogP) is 3.49. The normalized spacial score (nSPS) is 13.4. The number of anilines is 1. The summed E-state index contributed by atoms with van der Waals surface area (Å²) in [7, 11) is 4.61. The van der Waals surface area contributed by atoms with E-state index in [9.17, 15) is 4.79 Å². The van der Waals surface area contributed by atoms with Gasteiger partial charge >= 0.3 is 0 Å². The first-order valence-electron chi connectivity index (χ1n) is 8.74. The van der Waals surface area contributed by atoms with E-state index in [0.717, 1.165) is 24.2 Å². The zero-order valence-electron chi connectivity index (χ0n) is 15.5. The third-order valence-corrected chi connectivity index (χ3v) is 4.66. The third kappa shape index (κ3) is 3.05. The summed E-state index contributed by atoms with van der Waals surface area (Å²) in [6, 6.07) is 9.15. The second-order valence-corrected chi connectivity index (χ2v) is 6.42. The SMILES string of the molecule is COc1cc(NC(=O)c2nc(C3CC3)n3ccccc23)cc(OC)c1OC. The fourth-order valence-corrected chi connectivity index (χ4v) is 3.20. The molecule has 0 radical (unpaired) electrons. The standard InChI is InChI=1S/C20H21N3O4/c1-25-15-10-13(11-16(26-2)18(15)27-3)21-20(24)17-14-6-4-5-9-23(14)19(22-17)12-7-8-12/h4-6,9-12H,7-8H2,1-3H3,(H,21,24). The van der Waals surface area contributed by atoms with Crippen molar-refractivity contribution in [2.45, 2.75) is 18.8 Å². The molecule has 2 heterocycles. The molecular weight excluding hydrogens is 346 g/mol. The summed E-state index contributed by atoms with van der Waals surface area (Å²) in [6.07, 6.45) is 4.18. The van der Waals surface area contributed by atoms with Gasteiger partial charge in [-0.2, -0.15) is 0 Å². The Kier molecular flexibility index (Phi) is 4.35. The van der Waals surface area contributed by atoms with Crippen LogP contribution in [0.15, 0.2) is 36.5 Å². The van der Waals surface area contributed by atoms with Crippen molar-refractivity contribution in [1.29, 1.82) is 0 Å². The van der Waals surface area contributed by atoms with E-state index < -0.39 is 0 Å². The minimum absolute atomic E-state index is 0.278. The van der Waals surface area contributed by atoms with Gasteiger partial charge in [0.05, 0.1) is 26.8 Å². The van der Waals surface area contributed by atoms with E-state index in [1.807, 2.05) is 28.8 Å². The van der Waals surface area contributed by atoms with E-state index in [1.165, 1.54) is 21.3 Å². The molecule has 1 N–H and O–H groups in total. The molecule has 0 spiro atoms. The number of carbonyl (C=O) groups excluding carboxylic acids is 1. The third-order valence-electron chi connectivity index (χ3n) is 4.66. The Balaban J connectivity index is 1.70. The Morgan fingerprint density at radius 3 is 2.41 bits per heavy atom. The maximum absolute atomic E-state index is 12.9. The van der Waals surface area contributed by atoms with Gasteiger partial charge in [0.2, 0.25) is 5.75 Å². The minimum Gasteiger partial charge on any atom is -0.493 e. The van der Waals surface area contributed by atoms with Gasteiger partial charge in [-0.25, -0.2) is 4.98 Å². The molecule has 7 nitrogen and oxygen atoms in total. The average molecular weight is 367 g/mol. The van der Waals surface area contributed by atoms with E-state index in [0.29, 0.717) is 34.5 Å². The molecule has 140 valence electrons. The van der Waals surface area contributed by atoms with Crippen LogP contribution >= 0.6 is 0 Å². The second kappa shape index (κ2) is 6.83. The number of rotatable bonds is 6. The highest BCUT2D eigenvalue weighted by Crippen LogP contribution is 2.41. The summed E-state index contributed by atoms with van der Waals surface area (Å²) >= 11 is 0. The van der Waals surface area contributed by atoms with E-state index in [2.05, 4.69) is 10.3 Å². The number of fused-ring (bicyclic) bond motifs is 1. The van der Waals surface area contributed by atoms with Crippen LogP contribution in [-0.4, -0.2) is 36.6 Å². The molecule has 1 amide bonds. The fourth-order valence-electron chi connectivity index (χ4n) is 3.20. The van der Waals surface area contributed by atoms with Gasteiger partial charge in [0.1, 0.15) is 5.82 Å². The Hall–Kier alpha value is -3.22. The van der Waals surface area contributed by atoms with Crippen molar-refractivity contribution in [2.24, 2.45) is 0 Å². The molecule has 1 aliphatic carbocycles. The lowest BCUT2D eigenvalue weighted by Crippen LogP contribution is -2.13. The summed E-state index contributed by atoms with van der Waals surface area (Å²) in [5.74, 6) is 2.52. The zero-order valence-corrected chi connectivity index (χ0v) is 15.5. The summed E-state index contributed by atoms with van der Waals surface area (Å²) < 4.78 is 18.0. The molecule has 1 aromatic carbocycles. The van der Waals surface area contributed by atoms with Crippen molar-refractivity contribution in [3.8, 4) is 17.2 Å². The van der Waals surface area contributed by atoms with Crippen molar-refractivity contribution in [3.05, 3.63) is 48.0 Å². The monoisotopic (exact) mass is 367 g/mol. The molecule has 0 saturated heterocycles. The molecule has 1 fully saturated rings. The molecule has 0 atom stereocenters. The van der Waals surface area contributed by atoms with E-state index in [1.54, 1.807) is 12.1 Å². The van der Waals surface area contributed by atoms with Crippen LogP contribution in [0, 0.1) is 0 Å². The van der Waals surface area contributed by atoms with Crippen LogP contribution in [0.25, 0.3) is 5.52 Å². The van der Waals surface area contributed by atoms with Gasteiger partial charge in [0.25, 0.3) is 5.91 Å².